The maximum atomic E-state index is 14.4. The van der Waals surface area contributed by atoms with Gasteiger partial charge in [-0.25, -0.2) is 0 Å². The molecule has 0 aromatic heterocycles. The van der Waals surface area contributed by atoms with Crippen LogP contribution in [0.25, 0.3) is 0 Å². The topological polar surface area (TPSA) is 176 Å². The van der Waals surface area contributed by atoms with Crippen molar-refractivity contribution in [3.63, 3.8) is 0 Å². The number of allylic oxidation sites excluding steroid dienone is 2. The van der Waals surface area contributed by atoms with Gasteiger partial charge in [0.25, 0.3) is 0 Å². The number of aliphatic hydroxyl groups excluding tert-OH is 1. The maximum Gasteiger partial charge on any atom is 0.316 e. The smallest absolute Gasteiger partial charge is 0.316 e. The van der Waals surface area contributed by atoms with Gasteiger partial charge in [0, 0.05) is 51.7 Å². The second kappa shape index (κ2) is 19.7. The minimum atomic E-state index is -1.83. The van der Waals surface area contributed by atoms with Crippen molar-refractivity contribution in [1.82, 2.24) is 0 Å². The van der Waals surface area contributed by atoms with Crippen LogP contribution in [0.5, 0.6) is 0 Å². The molecule has 0 aromatic rings. The van der Waals surface area contributed by atoms with E-state index in [9.17, 15) is 15.0 Å². The van der Waals surface area contributed by atoms with E-state index in [1.807, 2.05) is 32.1 Å². The van der Waals surface area contributed by atoms with Gasteiger partial charge in [0.15, 0.2) is 18.4 Å². The number of fused-ring (bicyclic) bond motifs is 2. The Balaban J connectivity index is 1.18. The molecule has 1 spiro atoms. The highest BCUT2D eigenvalue weighted by Gasteiger charge is 2.60. The average molecular weight is 872 g/mol. The molecule has 4 N–H and O–H groups in total. The Morgan fingerprint density at radius 2 is 1.63 bits per heavy atom. The standard InChI is InChI=1S/C48H73NO13/c1-11-25(2)43-28(5)17-18-47(62-43)23-34-20-33(61-47)16-15-27(4)42(26(3)13-12-14-32-24-55-45-41(50)29(6)19-35(46(51)58-34)48(32,45)52)59-39-22-37(54-10)44(31(8)57-39)60-38-21-36(53-9)40(49)30(7)56-38/h12-15,17-19,25-26,28,30-31,33-45,50,52H,11,16,20-24,49H2,1-10H3/t25?,26-,28-,30-,31-,33+,34-,35-,36-,37-,38-,39-,40+,41+,42-,43+,44-,45+,47+,48+/m0/s1. The second-order valence-corrected chi connectivity index (χ2v) is 19.0. The summed E-state index contributed by atoms with van der Waals surface area (Å²) in [4.78, 5) is 14.4. The van der Waals surface area contributed by atoms with Crippen LogP contribution in [0.2, 0.25) is 0 Å². The Labute approximate surface area is 368 Å². The summed E-state index contributed by atoms with van der Waals surface area (Å²) in [7, 11) is 3.32. The molecule has 7 rings (SSSR count). The van der Waals surface area contributed by atoms with Gasteiger partial charge in [-0.05, 0) is 62.8 Å². The second-order valence-electron chi connectivity index (χ2n) is 19.0. The Bertz CT molecular complexity index is 1730. The number of methoxy groups -OCH3 is 2. The highest BCUT2D eigenvalue weighted by molar-refractivity contribution is 5.78. The third-order valence-electron chi connectivity index (χ3n) is 14.6. The lowest BCUT2D eigenvalue weighted by atomic mass is 9.71. The van der Waals surface area contributed by atoms with Crippen LogP contribution in [0.15, 0.2) is 59.3 Å². The molecule has 4 fully saturated rings. The molecule has 4 saturated heterocycles. The fourth-order valence-corrected chi connectivity index (χ4v) is 10.6. The van der Waals surface area contributed by atoms with Crippen molar-refractivity contribution in [2.75, 3.05) is 20.8 Å². The molecule has 7 aliphatic rings. The fourth-order valence-electron chi connectivity index (χ4n) is 10.6. The molecule has 20 atom stereocenters. The molecule has 1 unspecified atom stereocenters. The Kier molecular flexibility index (Phi) is 15.1. The lowest BCUT2D eigenvalue weighted by Gasteiger charge is -2.48. The number of hydrogen-bond donors (Lipinski definition) is 3. The Morgan fingerprint density at radius 3 is 2.35 bits per heavy atom. The molecule has 2 bridgehead atoms. The first-order valence-corrected chi connectivity index (χ1v) is 22.9. The van der Waals surface area contributed by atoms with Gasteiger partial charge in [-0.15, -0.1) is 0 Å². The number of aliphatic hydroxyl groups is 2. The van der Waals surface area contributed by atoms with Crippen molar-refractivity contribution in [3.05, 3.63) is 59.3 Å². The summed E-state index contributed by atoms with van der Waals surface area (Å²) in [6.07, 6.45) is 10.2. The lowest BCUT2D eigenvalue weighted by Crippen LogP contribution is -2.58. The largest absolute Gasteiger partial charge is 0.462 e. The van der Waals surface area contributed by atoms with Gasteiger partial charge >= 0.3 is 5.97 Å². The number of ether oxygens (including phenoxy) is 10. The first-order chi connectivity index (χ1) is 29.5. The Morgan fingerprint density at radius 1 is 0.919 bits per heavy atom. The first-order valence-electron chi connectivity index (χ1n) is 22.9. The normalized spacial score (nSPS) is 47.0. The molecule has 6 heterocycles. The van der Waals surface area contributed by atoms with Crippen molar-refractivity contribution in [2.45, 2.75) is 191 Å². The summed E-state index contributed by atoms with van der Waals surface area (Å²) in [6, 6.07) is -0.257. The number of esters is 1. The van der Waals surface area contributed by atoms with Crippen LogP contribution < -0.4 is 5.73 Å². The lowest BCUT2D eigenvalue weighted by molar-refractivity contribution is -0.311. The molecule has 0 radical (unpaired) electrons. The van der Waals surface area contributed by atoms with Crippen LogP contribution in [-0.2, 0) is 52.2 Å². The van der Waals surface area contributed by atoms with Crippen LogP contribution >= 0.6 is 0 Å². The van der Waals surface area contributed by atoms with E-state index >= 15 is 0 Å². The quantitative estimate of drug-likeness (QED) is 0.211. The van der Waals surface area contributed by atoms with Crippen molar-refractivity contribution >= 4 is 5.97 Å². The molecular formula is C48H73NO13. The van der Waals surface area contributed by atoms with Crippen LogP contribution in [0.3, 0.4) is 0 Å². The SMILES string of the molecule is CCC(C)[C@H]1O[C@]2(C=C[C@@H]1C)C[C@@H]1C[C@@H](CC=C(C)[C@@H](O[C@H]3C[C@H](OC)[C@@H](O[C@H]4C[C@H](OC)[C@H](N)[C@H](C)O4)[C@H](C)O3)[C@@H](C)C=CC=C3CO[C@@H]4[C@H](O)C(C)=C[C@@H](C(=O)O1)[C@]34O)O2. The number of nitrogens with two attached hydrogens (primary N) is 1. The molecule has 14 heteroatoms. The van der Waals surface area contributed by atoms with E-state index in [0.717, 1.165) is 12.0 Å². The number of carbonyl (C=O) groups excluding carboxylic acids is 1. The maximum absolute atomic E-state index is 14.4. The van der Waals surface area contributed by atoms with Gasteiger partial charge < -0.3 is 63.3 Å². The van der Waals surface area contributed by atoms with E-state index in [0.29, 0.717) is 43.3 Å². The summed E-state index contributed by atoms with van der Waals surface area (Å²) in [5, 5.41) is 23.7. The van der Waals surface area contributed by atoms with E-state index in [4.69, 9.17) is 53.1 Å². The van der Waals surface area contributed by atoms with E-state index in [2.05, 4.69) is 46.8 Å². The van der Waals surface area contributed by atoms with Crippen molar-refractivity contribution < 1.29 is 62.4 Å². The third kappa shape index (κ3) is 9.64. The van der Waals surface area contributed by atoms with Gasteiger partial charge in [0.1, 0.15) is 35.9 Å². The molecule has 0 saturated carbocycles. The summed E-state index contributed by atoms with van der Waals surface area (Å²) in [5.74, 6) is -2.53. The fraction of sp³-hybridized carbons (Fsp3) is 0.771. The van der Waals surface area contributed by atoms with Gasteiger partial charge in [-0.2, -0.15) is 0 Å². The molecule has 1 aliphatic carbocycles. The zero-order valence-electron chi connectivity index (χ0n) is 38.3. The molecule has 0 amide bonds. The van der Waals surface area contributed by atoms with Gasteiger partial charge in [0.05, 0.1) is 55.4 Å². The van der Waals surface area contributed by atoms with Gasteiger partial charge in [-0.3, -0.25) is 4.79 Å². The van der Waals surface area contributed by atoms with Gasteiger partial charge in [-0.1, -0.05) is 70.6 Å². The highest BCUT2D eigenvalue weighted by atomic mass is 16.7. The van der Waals surface area contributed by atoms with Crippen LogP contribution in [0.1, 0.15) is 93.9 Å². The molecule has 348 valence electrons. The molecule has 62 heavy (non-hydrogen) atoms. The molecular weight excluding hydrogens is 799 g/mol. The third-order valence-corrected chi connectivity index (χ3v) is 14.6. The average Bonchev–Trinajstić information content (AvgIpc) is 3.58. The first kappa shape index (κ1) is 47.6. The van der Waals surface area contributed by atoms with Crippen LogP contribution in [0.4, 0.5) is 0 Å². The predicted molar refractivity (Wildman–Crippen MR) is 229 cm³/mol. The summed E-state index contributed by atoms with van der Waals surface area (Å²) >= 11 is 0. The van der Waals surface area contributed by atoms with E-state index < -0.39 is 72.5 Å². The number of carbonyl (C=O) groups is 1. The van der Waals surface area contributed by atoms with Crippen LogP contribution in [0, 0.1) is 23.7 Å². The summed E-state index contributed by atoms with van der Waals surface area (Å²) in [6.45, 7) is 16.3. The van der Waals surface area contributed by atoms with Crippen LogP contribution in [-0.4, -0.2) is 134 Å². The van der Waals surface area contributed by atoms with Crippen molar-refractivity contribution in [1.29, 1.82) is 0 Å². The Hall–Kier alpha value is -2.31. The predicted octanol–water partition coefficient (Wildman–Crippen LogP) is 5.34. The molecule has 6 aliphatic heterocycles. The summed E-state index contributed by atoms with van der Waals surface area (Å²) < 4.78 is 64.1. The van der Waals surface area contributed by atoms with Crippen molar-refractivity contribution in [2.24, 2.45) is 29.4 Å². The molecule has 0 aromatic carbocycles. The monoisotopic (exact) mass is 872 g/mol. The van der Waals surface area contributed by atoms with E-state index in [1.54, 1.807) is 33.3 Å². The van der Waals surface area contributed by atoms with Gasteiger partial charge in [0.2, 0.25) is 0 Å². The van der Waals surface area contributed by atoms with E-state index in [-0.39, 0.29) is 60.9 Å². The zero-order chi connectivity index (χ0) is 44.7. The molecule has 14 nitrogen and oxygen atoms in total. The minimum absolute atomic E-state index is 0.0379. The minimum Gasteiger partial charge on any atom is -0.462 e. The van der Waals surface area contributed by atoms with Crippen molar-refractivity contribution in [3.8, 4) is 0 Å². The summed E-state index contributed by atoms with van der Waals surface area (Å²) in [5.41, 5.74) is 6.48. The van der Waals surface area contributed by atoms with E-state index in [1.165, 1.54) is 0 Å². The highest BCUT2D eigenvalue weighted by Crippen LogP contribution is 2.47. The number of hydrogen-bond acceptors (Lipinski definition) is 14. The zero-order valence-corrected chi connectivity index (χ0v) is 38.3. The number of rotatable bonds is 8.